The number of hydrogen-bond donors (Lipinski definition) is 0. The Bertz CT molecular complexity index is 3020. The molecule has 0 atom stereocenters. The van der Waals surface area contributed by atoms with Gasteiger partial charge in [0, 0.05) is 39.1 Å². The van der Waals surface area contributed by atoms with Gasteiger partial charge in [-0.05, 0) is 59.3 Å². The number of para-hydroxylation sites is 4. The van der Waals surface area contributed by atoms with Crippen LogP contribution in [0.25, 0.3) is 79.1 Å². The van der Waals surface area contributed by atoms with Gasteiger partial charge in [0.1, 0.15) is 0 Å². The van der Waals surface area contributed by atoms with Crippen LogP contribution >= 0.6 is 0 Å². The average Bonchev–Trinajstić information content (AvgIpc) is 3.33. The summed E-state index contributed by atoms with van der Waals surface area (Å²) < 4.78 is 6.37. The number of nitrogens with zero attached hydrogens (tertiary/aromatic N) is 7. The summed E-state index contributed by atoms with van der Waals surface area (Å²) in [4.78, 5) is 32.9. The van der Waals surface area contributed by atoms with Gasteiger partial charge >= 0.3 is 0 Å². The van der Waals surface area contributed by atoms with Crippen LogP contribution in [0.2, 0.25) is 0 Å². The highest BCUT2D eigenvalue weighted by Gasteiger charge is 2.26. The number of hydrogen-bond acceptors (Lipinski definition) is 8. The lowest BCUT2D eigenvalue weighted by Crippen LogP contribution is -2.15. The van der Waals surface area contributed by atoms with E-state index in [1.807, 2.05) is 158 Å². The maximum atomic E-state index is 6.37. The summed E-state index contributed by atoms with van der Waals surface area (Å²) >= 11 is 0. The van der Waals surface area contributed by atoms with Crippen LogP contribution in [0.1, 0.15) is 0 Å². The van der Waals surface area contributed by atoms with Crippen molar-refractivity contribution in [2.75, 3.05) is 4.90 Å². The minimum Gasteiger partial charge on any atom is -0.453 e. The summed E-state index contributed by atoms with van der Waals surface area (Å²) in [5.74, 6) is 4.94. The predicted octanol–water partition coefficient (Wildman–Crippen LogP) is 12.8. The molecule has 1 aliphatic heterocycles. The fourth-order valence-electron chi connectivity index (χ4n) is 7.66. The van der Waals surface area contributed by atoms with Crippen molar-refractivity contribution in [3.63, 3.8) is 0 Å². The second kappa shape index (κ2) is 14.9. The van der Waals surface area contributed by atoms with Crippen molar-refractivity contribution in [2.45, 2.75) is 0 Å². The number of aromatic nitrogens is 6. The third kappa shape index (κ3) is 6.48. The fraction of sp³-hybridized carbons (Fsp3) is 0. The van der Waals surface area contributed by atoms with Gasteiger partial charge in [0.15, 0.2) is 46.4 Å². The Kier molecular flexibility index (Phi) is 8.63. The second-order valence-electron chi connectivity index (χ2n) is 14.4. The van der Waals surface area contributed by atoms with Gasteiger partial charge in [0.2, 0.25) is 0 Å². The standard InChI is InChI=1S/C52H33N7O/c1-5-17-34(18-6-1)47-53-48(35-19-7-2-8-20-35)56-51(55-47)39-31-38-32-40(59-43-25-13-15-27-45(43)60-46-28-16-14-26-44(46)59)29-30-41(38)42(33-39)52-57-49(36-21-9-3-10-22-36)54-50(58-52)37-23-11-4-12-24-37/h1-33H. The zero-order chi connectivity index (χ0) is 39.8. The van der Waals surface area contributed by atoms with Crippen molar-refractivity contribution in [3.05, 3.63) is 200 Å². The fourth-order valence-corrected chi connectivity index (χ4v) is 7.66. The molecule has 0 saturated carbocycles. The third-order valence-electron chi connectivity index (χ3n) is 10.5. The molecule has 0 amide bonds. The molecule has 0 saturated heterocycles. The molecule has 0 bridgehead atoms. The van der Waals surface area contributed by atoms with E-state index in [1.165, 1.54) is 0 Å². The van der Waals surface area contributed by atoms with Crippen LogP contribution in [-0.2, 0) is 0 Å². The minimum absolute atomic E-state index is 0.527. The zero-order valence-corrected chi connectivity index (χ0v) is 32.1. The Hall–Kier alpha value is -8.36. The van der Waals surface area contributed by atoms with E-state index in [9.17, 15) is 0 Å². The molecule has 0 N–H and O–H groups in total. The van der Waals surface area contributed by atoms with Gasteiger partial charge in [0.05, 0.1) is 11.4 Å². The molecule has 11 rings (SSSR count). The van der Waals surface area contributed by atoms with Crippen molar-refractivity contribution in [3.8, 4) is 79.8 Å². The second-order valence-corrected chi connectivity index (χ2v) is 14.4. The lowest BCUT2D eigenvalue weighted by Gasteiger charge is -2.33. The summed E-state index contributed by atoms with van der Waals surface area (Å²) in [5.41, 5.74) is 8.03. The highest BCUT2D eigenvalue weighted by molar-refractivity contribution is 6.01. The van der Waals surface area contributed by atoms with Crippen molar-refractivity contribution in [2.24, 2.45) is 0 Å². The molecule has 2 aromatic heterocycles. The van der Waals surface area contributed by atoms with E-state index < -0.39 is 0 Å². The number of rotatable bonds is 7. The Balaban J connectivity index is 1.18. The molecular formula is C52H33N7O. The Labute approximate surface area is 346 Å². The first kappa shape index (κ1) is 34.9. The monoisotopic (exact) mass is 771 g/mol. The van der Waals surface area contributed by atoms with Gasteiger partial charge in [-0.1, -0.05) is 152 Å². The molecule has 282 valence electrons. The van der Waals surface area contributed by atoms with Crippen molar-refractivity contribution in [1.29, 1.82) is 0 Å². The van der Waals surface area contributed by atoms with Crippen LogP contribution in [-0.4, -0.2) is 29.9 Å². The van der Waals surface area contributed by atoms with E-state index in [0.29, 0.717) is 34.9 Å². The molecule has 10 aromatic rings. The van der Waals surface area contributed by atoms with E-state index >= 15 is 0 Å². The molecule has 8 aromatic carbocycles. The quantitative estimate of drug-likeness (QED) is 0.158. The average molecular weight is 772 g/mol. The Morgan fingerprint density at radius 2 is 0.700 bits per heavy atom. The number of ether oxygens (including phenoxy) is 1. The van der Waals surface area contributed by atoms with Crippen LogP contribution < -0.4 is 9.64 Å². The highest BCUT2D eigenvalue weighted by Crippen LogP contribution is 2.50. The summed E-state index contributed by atoms with van der Waals surface area (Å²) in [5, 5.41) is 1.91. The predicted molar refractivity (Wildman–Crippen MR) is 238 cm³/mol. The van der Waals surface area contributed by atoms with E-state index in [2.05, 4.69) is 47.4 Å². The normalized spacial score (nSPS) is 11.8. The molecule has 8 heteroatoms. The van der Waals surface area contributed by atoms with Gasteiger partial charge in [-0.15, -0.1) is 0 Å². The zero-order valence-electron chi connectivity index (χ0n) is 32.1. The van der Waals surface area contributed by atoms with Crippen LogP contribution in [0.15, 0.2) is 200 Å². The van der Waals surface area contributed by atoms with Crippen molar-refractivity contribution >= 4 is 27.8 Å². The van der Waals surface area contributed by atoms with Crippen LogP contribution in [0.4, 0.5) is 17.1 Å². The molecule has 1 aliphatic rings. The lowest BCUT2D eigenvalue weighted by molar-refractivity contribution is 0.477. The Morgan fingerprint density at radius 1 is 0.317 bits per heavy atom. The van der Waals surface area contributed by atoms with Gasteiger partial charge in [-0.3, -0.25) is 0 Å². The topological polar surface area (TPSA) is 89.8 Å². The molecule has 0 radical (unpaired) electrons. The van der Waals surface area contributed by atoms with Gasteiger partial charge in [-0.2, -0.15) is 0 Å². The number of anilines is 3. The lowest BCUT2D eigenvalue weighted by atomic mass is 9.98. The van der Waals surface area contributed by atoms with Crippen LogP contribution in [0.5, 0.6) is 11.5 Å². The first-order valence-electron chi connectivity index (χ1n) is 19.7. The van der Waals surface area contributed by atoms with E-state index in [0.717, 1.165) is 72.7 Å². The number of fused-ring (bicyclic) bond motifs is 3. The molecule has 0 aliphatic carbocycles. The van der Waals surface area contributed by atoms with E-state index in [4.69, 9.17) is 34.6 Å². The molecule has 0 unspecified atom stereocenters. The highest BCUT2D eigenvalue weighted by atomic mass is 16.5. The first-order chi connectivity index (χ1) is 29.7. The summed E-state index contributed by atoms with van der Waals surface area (Å²) in [6, 6.07) is 67.1. The molecule has 0 fully saturated rings. The number of benzene rings is 8. The van der Waals surface area contributed by atoms with E-state index in [-0.39, 0.29) is 0 Å². The molecule has 3 heterocycles. The first-order valence-corrected chi connectivity index (χ1v) is 19.7. The van der Waals surface area contributed by atoms with Gasteiger partial charge in [-0.25, -0.2) is 29.9 Å². The van der Waals surface area contributed by atoms with E-state index in [1.54, 1.807) is 0 Å². The van der Waals surface area contributed by atoms with Gasteiger partial charge < -0.3 is 9.64 Å². The molecular weight excluding hydrogens is 739 g/mol. The van der Waals surface area contributed by atoms with Gasteiger partial charge in [0.25, 0.3) is 0 Å². The third-order valence-corrected chi connectivity index (χ3v) is 10.5. The largest absolute Gasteiger partial charge is 0.453 e. The van der Waals surface area contributed by atoms with Crippen LogP contribution in [0.3, 0.4) is 0 Å². The summed E-state index contributed by atoms with van der Waals surface area (Å²) in [6.45, 7) is 0. The van der Waals surface area contributed by atoms with Crippen molar-refractivity contribution in [1.82, 2.24) is 29.9 Å². The summed E-state index contributed by atoms with van der Waals surface area (Å²) in [7, 11) is 0. The van der Waals surface area contributed by atoms with Crippen LogP contribution in [0, 0.1) is 0 Å². The Morgan fingerprint density at radius 3 is 1.15 bits per heavy atom. The minimum atomic E-state index is 0.527. The smallest absolute Gasteiger partial charge is 0.164 e. The molecule has 8 nitrogen and oxygen atoms in total. The summed E-state index contributed by atoms with van der Waals surface area (Å²) in [6.07, 6.45) is 0. The molecule has 60 heavy (non-hydrogen) atoms. The maximum Gasteiger partial charge on any atom is 0.164 e. The maximum absolute atomic E-state index is 6.37. The van der Waals surface area contributed by atoms with Crippen molar-refractivity contribution < 1.29 is 4.74 Å². The molecule has 0 spiro atoms. The SMILES string of the molecule is c1ccc(-c2nc(-c3ccccc3)nc(-c3cc(-c4nc(-c5ccccc5)nc(-c5ccccc5)n4)c4ccc(N5c6ccccc6Oc6ccccc65)cc4c3)n2)cc1.